The molecule has 0 unspecified atom stereocenters. The van der Waals surface area contributed by atoms with Gasteiger partial charge in [-0.25, -0.2) is 14.8 Å². The molecule has 43 heavy (non-hydrogen) atoms. The number of ether oxygens (including phenoxy) is 1. The number of nitrogens with one attached hydrogen (secondary N) is 3. The van der Waals surface area contributed by atoms with E-state index in [4.69, 9.17) is 14.7 Å². The van der Waals surface area contributed by atoms with E-state index >= 15 is 0 Å². The molecule has 2 aliphatic rings. The molecule has 1 aliphatic carbocycles. The maximum atomic E-state index is 13.4. The molecule has 0 radical (unpaired) electrons. The summed E-state index contributed by atoms with van der Waals surface area (Å²) in [6, 6.07) is 15.0. The predicted molar refractivity (Wildman–Crippen MR) is 166 cm³/mol. The largest absolute Gasteiger partial charge is 0.415 e. The van der Waals surface area contributed by atoms with Crippen LogP contribution >= 0.6 is 0 Å². The molecule has 3 aromatic heterocycles. The molecule has 224 valence electrons. The van der Waals surface area contributed by atoms with Gasteiger partial charge in [-0.15, -0.1) is 0 Å². The average Bonchev–Trinajstić information content (AvgIpc) is 3.66. The third-order valence-electron chi connectivity index (χ3n) is 7.91. The topological polar surface area (TPSA) is 126 Å². The van der Waals surface area contributed by atoms with Crippen molar-refractivity contribution in [2.75, 3.05) is 36.8 Å². The smallest absolute Gasteiger partial charge is 0.408 e. The molecule has 1 aliphatic heterocycles. The number of benzene rings is 1. The normalized spacial score (nSPS) is 15.9. The quantitative estimate of drug-likeness (QED) is 0.267. The molecule has 0 atom stereocenters. The van der Waals surface area contributed by atoms with Gasteiger partial charge in [-0.1, -0.05) is 51.8 Å². The zero-order valence-corrected chi connectivity index (χ0v) is 24.9. The Balaban J connectivity index is 1.29. The van der Waals surface area contributed by atoms with Crippen molar-refractivity contribution < 1.29 is 14.3 Å². The molecule has 2 amide bonds. The summed E-state index contributed by atoms with van der Waals surface area (Å²) < 4.78 is 7.88. The van der Waals surface area contributed by atoms with Crippen LogP contribution in [0, 0.1) is 0 Å². The fourth-order valence-corrected chi connectivity index (χ4v) is 5.75. The molecule has 1 saturated heterocycles. The molecule has 1 saturated carbocycles. The van der Waals surface area contributed by atoms with Crippen molar-refractivity contribution in [3.63, 3.8) is 0 Å². The van der Waals surface area contributed by atoms with Crippen molar-refractivity contribution in [2.24, 2.45) is 0 Å². The van der Waals surface area contributed by atoms with Gasteiger partial charge >= 0.3 is 6.09 Å². The monoisotopic (exact) mass is 582 g/mol. The Bertz CT molecular complexity index is 1620. The van der Waals surface area contributed by atoms with E-state index in [1.165, 1.54) is 0 Å². The number of hydrogen-bond donors (Lipinski definition) is 3. The lowest BCUT2D eigenvalue weighted by Gasteiger charge is -2.28. The number of rotatable bonds is 6. The maximum absolute atomic E-state index is 13.4. The van der Waals surface area contributed by atoms with Crippen LogP contribution in [0.15, 0.2) is 54.7 Å². The molecule has 3 N–H and O–H groups in total. The van der Waals surface area contributed by atoms with Crippen LogP contribution in [0.3, 0.4) is 0 Å². The van der Waals surface area contributed by atoms with E-state index in [1.54, 1.807) is 23.2 Å². The van der Waals surface area contributed by atoms with Gasteiger partial charge in [0.2, 0.25) is 5.95 Å². The SMILES string of the molecule is CC(C)(C)c1nc(Nc2ncc3cc(C(=O)Nc4ccccc4)n(C4CCCC4)c3n2)ccc1OC(=O)N1CCNCC1. The molecular weight excluding hydrogens is 544 g/mol. The minimum absolute atomic E-state index is 0.173. The number of carbonyl (C=O) groups is 2. The van der Waals surface area contributed by atoms with Crippen LogP contribution < -0.4 is 20.7 Å². The van der Waals surface area contributed by atoms with Crippen molar-refractivity contribution in [3.05, 3.63) is 66.1 Å². The second-order valence-electron chi connectivity index (χ2n) is 12.2. The Labute approximate surface area is 251 Å². The Morgan fingerprint density at radius 1 is 1.00 bits per heavy atom. The van der Waals surface area contributed by atoms with Crippen LogP contribution in [-0.4, -0.2) is 62.6 Å². The highest BCUT2D eigenvalue weighted by molar-refractivity contribution is 6.06. The van der Waals surface area contributed by atoms with Crippen molar-refractivity contribution in [2.45, 2.75) is 57.9 Å². The molecular formula is C32H38N8O3. The van der Waals surface area contributed by atoms with Crippen molar-refractivity contribution in [3.8, 4) is 5.75 Å². The Kier molecular flexibility index (Phi) is 7.98. The van der Waals surface area contributed by atoms with Crippen molar-refractivity contribution >= 4 is 40.5 Å². The first-order valence-electron chi connectivity index (χ1n) is 15.0. The second-order valence-corrected chi connectivity index (χ2v) is 12.2. The lowest BCUT2D eigenvalue weighted by molar-refractivity contribution is 0.101. The van der Waals surface area contributed by atoms with E-state index < -0.39 is 0 Å². The molecule has 11 nitrogen and oxygen atoms in total. The second kappa shape index (κ2) is 12.0. The van der Waals surface area contributed by atoms with Gasteiger partial charge in [0.25, 0.3) is 5.91 Å². The van der Waals surface area contributed by atoms with E-state index in [2.05, 4.69) is 25.5 Å². The number of amides is 2. The highest BCUT2D eigenvalue weighted by Gasteiger charge is 2.28. The minimum Gasteiger partial charge on any atom is -0.408 e. The highest BCUT2D eigenvalue weighted by Crippen LogP contribution is 2.35. The summed E-state index contributed by atoms with van der Waals surface area (Å²) in [7, 11) is 0. The van der Waals surface area contributed by atoms with Crippen LogP contribution in [0.1, 0.15) is 68.7 Å². The number of hydrogen-bond acceptors (Lipinski definition) is 8. The van der Waals surface area contributed by atoms with E-state index in [-0.39, 0.29) is 23.5 Å². The van der Waals surface area contributed by atoms with Crippen molar-refractivity contribution in [1.82, 2.24) is 29.7 Å². The Morgan fingerprint density at radius 2 is 1.74 bits per heavy atom. The highest BCUT2D eigenvalue weighted by atomic mass is 16.6. The number of fused-ring (bicyclic) bond motifs is 1. The van der Waals surface area contributed by atoms with Crippen LogP contribution in [-0.2, 0) is 5.41 Å². The van der Waals surface area contributed by atoms with Crippen LogP contribution in [0.4, 0.5) is 22.2 Å². The van der Waals surface area contributed by atoms with Gasteiger partial charge in [0.05, 0.1) is 5.69 Å². The van der Waals surface area contributed by atoms with Gasteiger partial charge in [-0.3, -0.25) is 4.79 Å². The molecule has 11 heteroatoms. The first-order valence-corrected chi connectivity index (χ1v) is 15.0. The zero-order valence-electron chi connectivity index (χ0n) is 24.9. The van der Waals surface area contributed by atoms with Gasteiger partial charge in [0.1, 0.15) is 17.2 Å². The van der Waals surface area contributed by atoms with Crippen LogP contribution in [0.25, 0.3) is 11.0 Å². The van der Waals surface area contributed by atoms with E-state index in [9.17, 15) is 9.59 Å². The fraction of sp³-hybridized carbons (Fsp3) is 0.406. The predicted octanol–water partition coefficient (Wildman–Crippen LogP) is 5.64. The number of aromatic nitrogens is 4. The number of anilines is 3. The third-order valence-corrected chi connectivity index (χ3v) is 7.91. The molecule has 0 bridgehead atoms. The summed E-state index contributed by atoms with van der Waals surface area (Å²) in [5.41, 5.74) is 2.28. The lowest BCUT2D eigenvalue weighted by Crippen LogP contribution is -2.47. The Hall–Kier alpha value is -4.51. The van der Waals surface area contributed by atoms with E-state index in [0.29, 0.717) is 47.6 Å². The molecule has 4 heterocycles. The first kappa shape index (κ1) is 28.6. The summed E-state index contributed by atoms with van der Waals surface area (Å²) in [4.78, 5) is 42.2. The number of nitrogens with zero attached hydrogens (tertiary/aromatic N) is 5. The molecule has 4 aromatic rings. The lowest BCUT2D eigenvalue weighted by atomic mass is 9.91. The van der Waals surface area contributed by atoms with Gasteiger partial charge < -0.3 is 30.2 Å². The number of para-hydroxylation sites is 1. The molecule has 0 spiro atoms. The van der Waals surface area contributed by atoms with Crippen molar-refractivity contribution in [1.29, 1.82) is 0 Å². The van der Waals surface area contributed by atoms with E-state index in [1.807, 2.05) is 57.2 Å². The minimum atomic E-state index is -0.389. The standard InChI is InChI=1S/C32H38N8O3/c1-32(2,3)27-25(43-31(42)39-17-15-33-16-18-39)13-14-26(36-27)37-30-34-20-21-19-24(29(41)35-22-9-5-4-6-10-22)40(28(21)38-30)23-11-7-8-12-23/h4-6,9-10,13-14,19-20,23,33H,7-8,11-12,15-18H2,1-3H3,(H,35,41)(H,34,36,37,38). The zero-order chi connectivity index (χ0) is 30.0. The summed E-state index contributed by atoms with van der Waals surface area (Å²) in [6.45, 7) is 8.79. The van der Waals surface area contributed by atoms with Gasteiger partial charge in [0.15, 0.2) is 5.75 Å². The molecule has 6 rings (SSSR count). The molecule has 2 fully saturated rings. The molecule has 1 aromatic carbocycles. The summed E-state index contributed by atoms with van der Waals surface area (Å²) in [6.07, 6.45) is 5.59. The summed E-state index contributed by atoms with van der Waals surface area (Å²) in [5, 5.41) is 10.3. The number of piperazine rings is 1. The number of pyridine rings is 1. The first-order chi connectivity index (χ1) is 20.8. The average molecular weight is 583 g/mol. The van der Waals surface area contributed by atoms with Crippen LogP contribution in [0.5, 0.6) is 5.75 Å². The summed E-state index contributed by atoms with van der Waals surface area (Å²) in [5.74, 6) is 1.17. The van der Waals surface area contributed by atoms with Crippen LogP contribution in [0.2, 0.25) is 0 Å². The maximum Gasteiger partial charge on any atom is 0.415 e. The van der Waals surface area contributed by atoms with E-state index in [0.717, 1.165) is 49.8 Å². The van der Waals surface area contributed by atoms with Gasteiger partial charge in [-0.2, -0.15) is 4.98 Å². The Morgan fingerprint density at radius 3 is 2.47 bits per heavy atom. The van der Waals surface area contributed by atoms with Gasteiger partial charge in [-0.05, 0) is 43.2 Å². The summed E-state index contributed by atoms with van der Waals surface area (Å²) >= 11 is 0. The number of carbonyl (C=O) groups excluding carboxylic acids is 2. The fourth-order valence-electron chi connectivity index (χ4n) is 5.75. The van der Waals surface area contributed by atoms with Gasteiger partial charge in [0, 0.05) is 54.9 Å². The third kappa shape index (κ3) is 6.31.